The van der Waals surface area contributed by atoms with Gasteiger partial charge in [-0.25, -0.2) is 0 Å². The first-order chi connectivity index (χ1) is 20.9. The number of anilines is 1. The average Bonchev–Trinajstić information content (AvgIpc) is 3.22. The van der Waals surface area contributed by atoms with Crippen LogP contribution in [0.3, 0.4) is 0 Å². The van der Waals surface area contributed by atoms with Crippen molar-refractivity contribution in [2.45, 2.75) is 37.2 Å². The molecule has 45 heavy (non-hydrogen) atoms. The molecule has 2 aromatic rings. The molecular formula is C28H33FN4O10P2. The van der Waals surface area contributed by atoms with Crippen LogP contribution in [-0.2, 0) is 24.5 Å². The van der Waals surface area contributed by atoms with Crippen LogP contribution in [0, 0.1) is 28.5 Å². The maximum atomic E-state index is 15.3. The Balaban J connectivity index is 1.27. The van der Waals surface area contributed by atoms with Gasteiger partial charge in [-0.2, -0.15) is 5.26 Å². The fourth-order valence-electron chi connectivity index (χ4n) is 6.36. The van der Waals surface area contributed by atoms with Crippen molar-refractivity contribution in [3.63, 3.8) is 0 Å². The number of carbonyl (C=O) groups is 3. The standard InChI is InChI=1S/C28H33FN4O10P2/c1-16(34)32(24(35)9-25(44(37)38)45(3,39,40)41)11-19-12-33(26(36)43-19)18-5-6-20(21(29)8-18)17-4-7-23(31-10-17)28(14-30)22-13-42-15-27(22,28)2/h4-8,10,19,22,25,37-41H,9,11-13,15H2,1-3H3/t19?,22?,25?,27-,28?/m1/s1. The summed E-state index contributed by atoms with van der Waals surface area (Å²) in [6, 6.07) is 9.91. The quantitative estimate of drug-likeness (QED) is 0.243. The van der Waals surface area contributed by atoms with Crippen molar-refractivity contribution in [1.29, 1.82) is 5.26 Å². The third kappa shape index (κ3) is 5.82. The molecule has 14 nitrogen and oxygen atoms in total. The number of halogens is 1. The van der Waals surface area contributed by atoms with E-state index in [0.29, 0.717) is 36.0 Å². The van der Waals surface area contributed by atoms with Gasteiger partial charge >= 0.3 is 171 Å². The molecule has 1 aromatic carbocycles. The fraction of sp³-hybridized carbons (Fsp3) is 0.464. The third-order valence-electron chi connectivity index (χ3n) is 8.98. The molecule has 0 radical (unpaired) electrons. The average molecular weight is 667 g/mol. The van der Waals surface area contributed by atoms with E-state index in [1.807, 2.05) is 6.92 Å². The zero-order valence-corrected chi connectivity index (χ0v) is 26.4. The minimum atomic E-state index is -5.61. The summed E-state index contributed by atoms with van der Waals surface area (Å²) in [5, 5.41) is 7.93. The number of carbonyl (C=O) groups excluding carboxylic acids is 3. The molecule has 3 heterocycles. The summed E-state index contributed by atoms with van der Waals surface area (Å²) in [7, 11) is -8.79. The number of ether oxygens (including phenoxy) is 2. The molecule has 1 aliphatic carbocycles. The first-order valence-corrected chi connectivity index (χ1v) is 17.8. The van der Waals surface area contributed by atoms with Gasteiger partial charge in [0, 0.05) is 23.1 Å². The van der Waals surface area contributed by atoms with E-state index in [1.54, 1.807) is 12.1 Å². The summed E-state index contributed by atoms with van der Waals surface area (Å²) >= 11 is 0. The van der Waals surface area contributed by atoms with Gasteiger partial charge in [0.1, 0.15) is 5.41 Å². The van der Waals surface area contributed by atoms with Crippen LogP contribution in [0.1, 0.15) is 26.0 Å². The van der Waals surface area contributed by atoms with E-state index in [4.69, 9.17) is 9.47 Å². The Morgan fingerprint density at radius 2 is 2.00 bits per heavy atom. The molecular weight excluding hydrogens is 633 g/mol. The summed E-state index contributed by atoms with van der Waals surface area (Å²) in [6.07, 6.45) is -1.40. The molecule has 5 atom stereocenters. The number of nitrogens with zero attached hydrogens (tertiary/aromatic N) is 4. The van der Waals surface area contributed by atoms with E-state index < -0.39 is 69.3 Å². The normalized spacial score (nSPS) is 27.3. The van der Waals surface area contributed by atoms with Crippen LogP contribution in [0.15, 0.2) is 36.5 Å². The number of imide groups is 1. The van der Waals surface area contributed by atoms with Crippen LogP contribution in [-0.4, -0.2) is 96.7 Å². The van der Waals surface area contributed by atoms with Crippen LogP contribution in [0.5, 0.6) is 0 Å². The van der Waals surface area contributed by atoms with Gasteiger partial charge < -0.3 is 4.74 Å². The maximum absolute atomic E-state index is 15.3. The van der Waals surface area contributed by atoms with Crippen molar-refractivity contribution in [1.82, 2.24) is 9.88 Å². The van der Waals surface area contributed by atoms with Crippen molar-refractivity contribution in [3.8, 4) is 17.2 Å². The number of pyridine rings is 1. The van der Waals surface area contributed by atoms with E-state index in [2.05, 4.69) is 11.1 Å². The van der Waals surface area contributed by atoms with E-state index in [-0.39, 0.29) is 29.1 Å². The molecule has 5 rings (SSSR count). The predicted molar refractivity (Wildman–Crippen MR) is 159 cm³/mol. The number of amides is 3. The molecule has 2 saturated heterocycles. The minimum absolute atomic E-state index is 0.0475. The Morgan fingerprint density at radius 3 is 2.51 bits per heavy atom. The molecule has 5 N–H and O–H groups in total. The first-order valence-electron chi connectivity index (χ1n) is 13.9. The predicted octanol–water partition coefficient (Wildman–Crippen LogP) is 1.93. The van der Waals surface area contributed by atoms with Gasteiger partial charge in [-0.3, -0.25) is 4.98 Å². The number of fused-ring (bicyclic) bond motifs is 1. The van der Waals surface area contributed by atoms with Crippen LogP contribution in [0.25, 0.3) is 11.1 Å². The molecule has 0 spiro atoms. The van der Waals surface area contributed by atoms with E-state index in [1.165, 1.54) is 18.3 Å². The van der Waals surface area contributed by atoms with Crippen molar-refractivity contribution in [2.75, 3.05) is 37.9 Å². The number of benzene rings is 1. The second-order valence-electron chi connectivity index (χ2n) is 12.1. The summed E-state index contributed by atoms with van der Waals surface area (Å²) in [4.78, 5) is 92.9. The molecule has 4 unspecified atom stereocenters. The van der Waals surface area contributed by atoms with Gasteiger partial charge in [-0.1, -0.05) is 13.0 Å². The number of nitriles is 1. The number of hydrogen-bond acceptors (Lipinski definition) is 12. The van der Waals surface area contributed by atoms with Gasteiger partial charge in [-0.05, 0) is 6.07 Å². The molecule has 1 saturated carbocycles. The third-order valence-corrected chi connectivity index (χ3v) is 13.5. The number of cyclic esters (lactones) is 1. The Hall–Kier alpha value is -3.18. The number of hydrogen-bond donors (Lipinski definition) is 5. The molecule has 3 amide bonds. The topological polar surface area (TPSA) is 214 Å². The van der Waals surface area contributed by atoms with Crippen LogP contribution >= 0.6 is 15.7 Å². The summed E-state index contributed by atoms with van der Waals surface area (Å²) < 4.78 is 26.1. The summed E-state index contributed by atoms with van der Waals surface area (Å²) in [6.45, 7) is 3.95. The molecule has 0 bridgehead atoms. The molecule has 3 aliphatic rings. The van der Waals surface area contributed by atoms with Crippen molar-refractivity contribution < 1.29 is 52.7 Å². The SMILES string of the molecule is CC(=O)N(CC1CN(c2ccc(-c3ccc(C4(C#N)C5COC[C@]54C)nc3)c(F)c2)C(=O)O1)C(=O)CC(P(O)O)P(C)(O)(O)O. The van der Waals surface area contributed by atoms with Crippen LogP contribution in [0.2, 0.25) is 0 Å². The Bertz CT molecular complexity index is 1590. The molecule has 2 aliphatic heterocycles. The van der Waals surface area contributed by atoms with Crippen molar-refractivity contribution >= 4 is 39.3 Å². The number of aromatic nitrogens is 1. The monoisotopic (exact) mass is 666 g/mol. The van der Waals surface area contributed by atoms with Crippen molar-refractivity contribution in [3.05, 3.63) is 48.0 Å². The molecule has 1 aromatic heterocycles. The Labute approximate surface area is 258 Å². The Kier molecular flexibility index (Phi) is 8.30. The van der Waals surface area contributed by atoms with Gasteiger partial charge in [0.15, 0.2) is 0 Å². The van der Waals surface area contributed by atoms with E-state index in [0.717, 1.165) is 17.9 Å². The van der Waals surface area contributed by atoms with E-state index in [9.17, 15) is 44.1 Å². The second kappa shape index (κ2) is 11.3. The Morgan fingerprint density at radius 1 is 1.29 bits per heavy atom. The number of rotatable bonds is 9. The van der Waals surface area contributed by atoms with E-state index >= 15 is 4.39 Å². The van der Waals surface area contributed by atoms with Crippen LogP contribution in [0.4, 0.5) is 14.9 Å². The van der Waals surface area contributed by atoms with Crippen molar-refractivity contribution in [2.24, 2.45) is 11.3 Å². The van der Waals surface area contributed by atoms with Gasteiger partial charge in [0.25, 0.3) is 0 Å². The summed E-state index contributed by atoms with van der Waals surface area (Å²) in [5.74, 6) is -2.48. The summed E-state index contributed by atoms with van der Waals surface area (Å²) in [5.41, 5.74) is 0.363. The van der Waals surface area contributed by atoms with Gasteiger partial charge in [0.2, 0.25) is 0 Å². The zero-order chi connectivity index (χ0) is 33.1. The van der Waals surface area contributed by atoms with Gasteiger partial charge in [0.05, 0.1) is 25.0 Å². The fourth-order valence-corrected chi connectivity index (χ4v) is 9.19. The molecule has 3 fully saturated rings. The second-order valence-corrected chi connectivity index (χ2v) is 17.4. The zero-order valence-electron chi connectivity index (χ0n) is 24.6. The molecule has 242 valence electrons. The van der Waals surface area contributed by atoms with Gasteiger partial charge in [-0.15, -0.1) is 0 Å². The molecule has 17 heteroatoms. The first kappa shape index (κ1) is 33.2. The van der Waals surface area contributed by atoms with Crippen LogP contribution < -0.4 is 4.90 Å².